The standard InChI is InChI=1S/C14H17N3O3S/c1-20-7-6-15-12(18)9-8-16-14-17(13(9)19)10-4-2-3-5-11(10)21-14/h8H,2-7H2,1H3,(H,15,18). The number of carbonyl (C=O) groups excluding carboxylic acids is 1. The fraction of sp³-hybridized carbons (Fsp3) is 0.500. The van der Waals surface area contributed by atoms with Gasteiger partial charge in [0.15, 0.2) is 4.96 Å². The number of hydrogen-bond acceptors (Lipinski definition) is 5. The molecule has 1 aliphatic carbocycles. The van der Waals surface area contributed by atoms with Gasteiger partial charge in [0.2, 0.25) is 0 Å². The molecular weight excluding hydrogens is 290 g/mol. The third-order valence-corrected chi connectivity index (χ3v) is 4.80. The number of ether oxygens (including phenoxy) is 1. The van der Waals surface area contributed by atoms with E-state index in [0.717, 1.165) is 31.4 Å². The molecule has 0 fully saturated rings. The highest BCUT2D eigenvalue weighted by molar-refractivity contribution is 7.17. The normalized spacial score (nSPS) is 14.1. The van der Waals surface area contributed by atoms with E-state index in [1.807, 2.05) is 0 Å². The highest BCUT2D eigenvalue weighted by Gasteiger charge is 2.21. The molecule has 2 heterocycles. The van der Waals surface area contributed by atoms with Gasteiger partial charge in [0.1, 0.15) is 5.56 Å². The van der Waals surface area contributed by atoms with Gasteiger partial charge in [-0.1, -0.05) is 0 Å². The lowest BCUT2D eigenvalue weighted by Gasteiger charge is -2.10. The second-order valence-corrected chi connectivity index (χ2v) is 6.08. The van der Waals surface area contributed by atoms with Crippen LogP contribution in [-0.2, 0) is 17.6 Å². The molecule has 7 heteroatoms. The maximum atomic E-state index is 12.6. The van der Waals surface area contributed by atoms with E-state index in [1.54, 1.807) is 22.8 Å². The largest absolute Gasteiger partial charge is 0.383 e. The molecule has 0 aliphatic heterocycles. The Balaban J connectivity index is 1.99. The smallest absolute Gasteiger partial charge is 0.271 e. The quantitative estimate of drug-likeness (QED) is 0.856. The molecule has 1 amide bonds. The first kappa shape index (κ1) is 14.2. The first-order valence-corrected chi connectivity index (χ1v) is 7.83. The fourth-order valence-electron chi connectivity index (χ4n) is 2.59. The molecular formula is C14H17N3O3S. The Labute approximate surface area is 125 Å². The Hall–Kier alpha value is -1.73. The monoisotopic (exact) mass is 307 g/mol. The number of nitrogens with one attached hydrogen (secondary N) is 1. The lowest BCUT2D eigenvalue weighted by atomic mass is 10.0. The third kappa shape index (κ3) is 2.58. The highest BCUT2D eigenvalue weighted by Crippen LogP contribution is 2.28. The summed E-state index contributed by atoms with van der Waals surface area (Å²) in [5.74, 6) is -0.394. The molecule has 0 unspecified atom stereocenters. The van der Waals surface area contributed by atoms with E-state index < -0.39 is 5.91 Å². The summed E-state index contributed by atoms with van der Waals surface area (Å²) in [6, 6.07) is 0. The average molecular weight is 307 g/mol. The minimum atomic E-state index is -0.394. The van der Waals surface area contributed by atoms with Crippen molar-refractivity contribution in [1.82, 2.24) is 14.7 Å². The summed E-state index contributed by atoms with van der Waals surface area (Å²) in [6.45, 7) is 0.788. The van der Waals surface area contributed by atoms with Crippen LogP contribution in [0.1, 0.15) is 33.8 Å². The van der Waals surface area contributed by atoms with Crippen LogP contribution in [0.3, 0.4) is 0 Å². The molecule has 1 aliphatic rings. The summed E-state index contributed by atoms with van der Waals surface area (Å²) < 4.78 is 6.49. The highest BCUT2D eigenvalue weighted by atomic mass is 32.1. The van der Waals surface area contributed by atoms with Crippen molar-refractivity contribution in [3.05, 3.63) is 32.7 Å². The van der Waals surface area contributed by atoms with Gasteiger partial charge in [-0.05, 0) is 25.7 Å². The van der Waals surface area contributed by atoms with E-state index in [-0.39, 0.29) is 11.1 Å². The summed E-state index contributed by atoms with van der Waals surface area (Å²) >= 11 is 1.56. The SMILES string of the molecule is COCCNC(=O)c1cnc2sc3c(n2c1=O)CCCC3. The minimum absolute atomic E-state index is 0.0924. The average Bonchev–Trinajstić information content (AvgIpc) is 2.87. The predicted molar refractivity (Wildman–Crippen MR) is 80.2 cm³/mol. The van der Waals surface area contributed by atoms with Gasteiger partial charge in [-0.3, -0.25) is 14.0 Å². The van der Waals surface area contributed by atoms with Crippen LogP contribution in [0, 0.1) is 0 Å². The zero-order valence-electron chi connectivity index (χ0n) is 11.8. The number of carbonyl (C=O) groups is 1. The number of nitrogens with zero attached hydrogens (tertiary/aromatic N) is 2. The molecule has 3 rings (SSSR count). The molecule has 0 atom stereocenters. The van der Waals surface area contributed by atoms with Gasteiger partial charge in [0.25, 0.3) is 11.5 Å². The van der Waals surface area contributed by atoms with Crippen molar-refractivity contribution in [2.24, 2.45) is 0 Å². The number of amides is 1. The first-order valence-electron chi connectivity index (χ1n) is 7.02. The van der Waals surface area contributed by atoms with Gasteiger partial charge >= 0.3 is 0 Å². The number of hydrogen-bond donors (Lipinski definition) is 1. The van der Waals surface area contributed by atoms with Gasteiger partial charge in [-0.2, -0.15) is 0 Å². The van der Waals surface area contributed by atoms with Gasteiger partial charge in [0.05, 0.1) is 6.61 Å². The zero-order valence-corrected chi connectivity index (χ0v) is 12.7. The first-order chi connectivity index (χ1) is 10.2. The molecule has 6 nitrogen and oxygen atoms in total. The fourth-order valence-corrected chi connectivity index (χ4v) is 3.75. The molecule has 2 aromatic rings. The Morgan fingerprint density at radius 3 is 3.10 bits per heavy atom. The number of aromatic nitrogens is 2. The van der Waals surface area contributed by atoms with Gasteiger partial charge < -0.3 is 10.1 Å². The summed E-state index contributed by atoms with van der Waals surface area (Å²) in [5, 5.41) is 2.66. The van der Waals surface area contributed by atoms with Crippen molar-refractivity contribution < 1.29 is 9.53 Å². The summed E-state index contributed by atoms with van der Waals surface area (Å²) in [5.41, 5.74) is 0.856. The van der Waals surface area contributed by atoms with E-state index in [0.29, 0.717) is 18.1 Å². The third-order valence-electron chi connectivity index (χ3n) is 3.64. The van der Waals surface area contributed by atoms with Crippen molar-refractivity contribution in [2.45, 2.75) is 25.7 Å². The molecule has 0 bridgehead atoms. The maximum absolute atomic E-state index is 12.6. The van der Waals surface area contributed by atoms with E-state index >= 15 is 0 Å². The number of rotatable bonds is 4. The predicted octanol–water partition coefficient (Wildman–Crippen LogP) is 1.01. The van der Waals surface area contributed by atoms with Crippen molar-refractivity contribution in [3.8, 4) is 0 Å². The molecule has 0 aromatic carbocycles. The topological polar surface area (TPSA) is 72.7 Å². The van der Waals surface area contributed by atoms with Crippen molar-refractivity contribution in [2.75, 3.05) is 20.3 Å². The van der Waals surface area contributed by atoms with Crippen LogP contribution in [0.25, 0.3) is 4.96 Å². The minimum Gasteiger partial charge on any atom is -0.383 e. The molecule has 0 radical (unpaired) electrons. The Kier molecular flexibility index (Phi) is 4.03. The summed E-state index contributed by atoms with van der Waals surface area (Å²) in [4.78, 5) is 30.8. The lowest BCUT2D eigenvalue weighted by molar-refractivity contribution is 0.0935. The number of methoxy groups -OCH3 is 1. The Bertz CT molecular complexity index is 735. The summed E-state index contributed by atoms with van der Waals surface area (Å²) in [7, 11) is 1.56. The van der Waals surface area contributed by atoms with E-state index in [4.69, 9.17) is 4.74 Å². The number of aryl methyl sites for hydroxylation is 2. The molecule has 0 spiro atoms. The molecule has 21 heavy (non-hydrogen) atoms. The van der Waals surface area contributed by atoms with Crippen LogP contribution >= 0.6 is 11.3 Å². The number of thiazole rings is 1. The molecule has 1 N–H and O–H groups in total. The van der Waals surface area contributed by atoms with Crippen LogP contribution in [0.15, 0.2) is 11.0 Å². The van der Waals surface area contributed by atoms with Crippen LogP contribution in [0.4, 0.5) is 0 Å². The van der Waals surface area contributed by atoms with Gasteiger partial charge in [-0.25, -0.2) is 4.98 Å². The van der Waals surface area contributed by atoms with Crippen LogP contribution < -0.4 is 10.9 Å². The summed E-state index contributed by atoms with van der Waals surface area (Å²) in [6.07, 6.45) is 5.49. The van der Waals surface area contributed by atoms with E-state index in [1.165, 1.54) is 11.1 Å². The van der Waals surface area contributed by atoms with Gasteiger partial charge in [-0.15, -0.1) is 11.3 Å². The Morgan fingerprint density at radius 2 is 2.29 bits per heavy atom. The molecule has 0 saturated heterocycles. The van der Waals surface area contributed by atoms with Gasteiger partial charge in [0, 0.05) is 30.4 Å². The van der Waals surface area contributed by atoms with E-state index in [2.05, 4.69) is 10.3 Å². The van der Waals surface area contributed by atoms with E-state index in [9.17, 15) is 9.59 Å². The molecule has 0 saturated carbocycles. The lowest BCUT2D eigenvalue weighted by Crippen LogP contribution is -2.33. The van der Waals surface area contributed by atoms with Crippen LogP contribution in [0.5, 0.6) is 0 Å². The second-order valence-electron chi connectivity index (χ2n) is 5.02. The maximum Gasteiger partial charge on any atom is 0.271 e. The molecule has 2 aromatic heterocycles. The van der Waals surface area contributed by atoms with Crippen molar-refractivity contribution >= 4 is 22.2 Å². The zero-order chi connectivity index (χ0) is 14.8. The number of fused-ring (bicyclic) bond motifs is 3. The van der Waals surface area contributed by atoms with Crippen LogP contribution in [0.2, 0.25) is 0 Å². The van der Waals surface area contributed by atoms with Crippen LogP contribution in [-0.4, -0.2) is 35.6 Å². The second kappa shape index (κ2) is 5.95. The molecule has 112 valence electrons. The van der Waals surface area contributed by atoms with Crippen molar-refractivity contribution in [3.63, 3.8) is 0 Å². The Morgan fingerprint density at radius 1 is 1.48 bits per heavy atom. The van der Waals surface area contributed by atoms with Crippen molar-refractivity contribution in [1.29, 1.82) is 0 Å².